The van der Waals surface area contributed by atoms with Crippen molar-refractivity contribution in [1.82, 2.24) is 0 Å². The van der Waals surface area contributed by atoms with Crippen LogP contribution in [0, 0.1) is 0 Å². The fraction of sp³-hybridized carbons (Fsp3) is 1.00. The zero-order valence-electron chi connectivity index (χ0n) is 11.9. The summed E-state index contributed by atoms with van der Waals surface area (Å²) in [7, 11) is -1.72. The van der Waals surface area contributed by atoms with Crippen molar-refractivity contribution in [3.05, 3.63) is 0 Å². The van der Waals surface area contributed by atoms with Gasteiger partial charge in [0, 0.05) is 35.0 Å². The van der Waals surface area contributed by atoms with Gasteiger partial charge in [-0.15, -0.1) is 0 Å². The van der Waals surface area contributed by atoms with Gasteiger partial charge < -0.3 is 25.9 Å². The van der Waals surface area contributed by atoms with Crippen molar-refractivity contribution in [1.29, 1.82) is 0 Å². The van der Waals surface area contributed by atoms with Crippen LogP contribution in [0.2, 0.25) is 26.2 Å². The normalized spacial score (nSPS) is 16.9. The van der Waals surface area contributed by atoms with Gasteiger partial charge in [-0.25, -0.2) is 0 Å². The minimum Gasteiger partial charge on any atom is -0.416 e. The van der Waals surface area contributed by atoms with Gasteiger partial charge in [0.2, 0.25) is 0 Å². The summed E-state index contributed by atoms with van der Waals surface area (Å²) in [5.74, 6) is 0. The van der Waals surface area contributed by atoms with Gasteiger partial charge in [-0.05, 0) is 19.6 Å². The van der Waals surface area contributed by atoms with Gasteiger partial charge in [0.15, 0.2) is 8.32 Å². The lowest BCUT2D eigenvalue weighted by Crippen LogP contribution is -2.60. The summed E-state index contributed by atoms with van der Waals surface area (Å²) in [4.78, 5) is 0. The fourth-order valence-corrected chi connectivity index (χ4v) is 10.2. The number of rotatable bonds is 8. The molecule has 17 heavy (non-hydrogen) atoms. The van der Waals surface area contributed by atoms with E-state index in [1.807, 2.05) is 6.55 Å². The molecule has 6 nitrogen and oxygen atoms in total. The molecule has 0 radical (unpaired) electrons. The summed E-state index contributed by atoms with van der Waals surface area (Å²) in [6.07, 6.45) is 0. The van der Waals surface area contributed by atoms with Crippen LogP contribution in [0.15, 0.2) is 0 Å². The predicted octanol–water partition coefficient (Wildman–Crippen LogP) is 1.44. The summed E-state index contributed by atoms with van der Waals surface area (Å²) >= 11 is 0. The van der Waals surface area contributed by atoms with Gasteiger partial charge in [0.05, 0.1) is 0 Å². The first-order valence-electron chi connectivity index (χ1n) is 5.27. The predicted molar refractivity (Wildman–Crippen MR) is 70.9 cm³/mol. The quantitative estimate of drug-likeness (QED) is 0.632. The van der Waals surface area contributed by atoms with Crippen LogP contribution in [0.5, 0.6) is 0 Å². The van der Waals surface area contributed by atoms with Crippen molar-refractivity contribution >= 4 is 26.2 Å². The summed E-state index contributed by atoms with van der Waals surface area (Å²) in [5, 5.41) is 0. The topological polar surface area (TPSA) is 55.4 Å². The second kappa shape index (κ2) is 6.54. The Morgan fingerprint density at radius 3 is 1.24 bits per heavy atom. The SMILES string of the molecule is CO[Si](C)(O[Si](C)(C)C)O[Si](OC)(OC)OC. The van der Waals surface area contributed by atoms with E-state index in [2.05, 4.69) is 19.6 Å². The van der Waals surface area contributed by atoms with E-state index in [-0.39, 0.29) is 0 Å². The summed E-state index contributed by atoms with van der Waals surface area (Å²) in [6.45, 7) is 8.01. The molecular formula is C8H24O6Si3. The average molecular weight is 301 g/mol. The molecule has 0 heterocycles. The van der Waals surface area contributed by atoms with Crippen molar-refractivity contribution in [2.75, 3.05) is 28.4 Å². The molecule has 0 fully saturated rings. The minimum absolute atomic E-state index is 1.48. The van der Waals surface area contributed by atoms with E-state index in [1.165, 1.54) is 21.3 Å². The van der Waals surface area contributed by atoms with Crippen LogP contribution in [0.3, 0.4) is 0 Å². The zero-order chi connectivity index (χ0) is 13.7. The molecule has 0 aliphatic carbocycles. The third-order valence-corrected chi connectivity index (χ3v) is 10.6. The molecule has 0 aromatic heterocycles. The lowest BCUT2D eigenvalue weighted by Gasteiger charge is -2.36. The second-order valence-corrected chi connectivity index (χ2v) is 14.7. The van der Waals surface area contributed by atoms with E-state index in [1.54, 1.807) is 7.11 Å². The van der Waals surface area contributed by atoms with Gasteiger partial charge in [-0.2, -0.15) is 0 Å². The Balaban J connectivity index is 4.88. The van der Waals surface area contributed by atoms with Crippen LogP contribution >= 0.6 is 0 Å². The molecule has 0 spiro atoms. The van der Waals surface area contributed by atoms with Gasteiger partial charge in [-0.3, -0.25) is 0 Å². The first-order valence-corrected chi connectivity index (χ1v) is 12.5. The standard InChI is InChI=1S/C8H24O6Si3/c1-9-16(8,13-15(5,6)7)14-17(10-2,11-3)12-4/h1-8H3. The Morgan fingerprint density at radius 1 is 0.588 bits per heavy atom. The van der Waals surface area contributed by atoms with E-state index in [4.69, 9.17) is 25.9 Å². The Morgan fingerprint density at radius 2 is 1.00 bits per heavy atom. The highest BCUT2D eigenvalue weighted by Gasteiger charge is 2.53. The molecule has 0 amide bonds. The highest BCUT2D eigenvalue weighted by atomic mass is 28.5. The van der Waals surface area contributed by atoms with Crippen molar-refractivity contribution in [2.45, 2.75) is 26.2 Å². The Labute approximate surface area is 107 Å². The van der Waals surface area contributed by atoms with Crippen molar-refractivity contribution < 1.29 is 25.9 Å². The summed E-state index contributed by atoms with van der Waals surface area (Å²) in [6, 6.07) is 0. The van der Waals surface area contributed by atoms with Crippen LogP contribution in [-0.2, 0) is 25.9 Å². The maximum Gasteiger partial charge on any atom is 0.671 e. The van der Waals surface area contributed by atoms with E-state index in [0.29, 0.717) is 0 Å². The van der Waals surface area contributed by atoms with Gasteiger partial charge in [0.25, 0.3) is 0 Å². The van der Waals surface area contributed by atoms with Crippen LogP contribution in [0.4, 0.5) is 0 Å². The second-order valence-electron chi connectivity index (χ2n) is 4.50. The Kier molecular flexibility index (Phi) is 6.70. The summed E-state index contributed by atoms with van der Waals surface area (Å²) < 4.78 is 32.8. The Bertz CT molecular complexity index is 222. The highest BCUT2D eigenvalue weighted by molar-refractivity contribution is 6.82. The smallest absolute Gasteiger partial charge is 0.416 e. The monoisotopic (exact) mass is 300 g/mol. The molecule has 9 heteroatoms. The van der Waals surface area contributed by atoms with Crippen LogP contribution in [-0.4, -0.2) is 54.6 Å². The van der Waals surface area contributed by atoms with Gasteiger partial charge >= 0.3 is 17.9 Å². The van der Waals surface area contributed by atoms with Gasteiger partial charge in [-0.1, -0.05) is 0 Å². The highest BCUT2D eigenvalue weighted by Crippen LogP contribution is 2.22. The lowest BCUT2D eigenvalue weighted by atomic mass is 11.8. The molecular weight excluding hydrogens is 276 g/mol. The van der Waals surface area contributed by atoms with E-state index < -0.39 is 26.2 Å². The molecule has 1 unspecified atom stereocenters. The Hall–Kier alpha value is 0.411. The number of hydrogen-bond acceptors (Lipinski definition) is 6. The van der Waals surface area contributed by atoms with Gasteiger partial charge in [0.1, 0.15) is 0 Å². The maximum atomic E-state index is 5.96. The van der Waals surface area contributed by atoms with E-state index in [9.17, 15) is 0 Å². The lowest BCUT2D eigenvalue weighted by molar-refractivity contribution is 0.0236. The maximum absolute atomic E-state index is 5.96. The first-order chi connectivity index (χ1) is 7.66. The zero-order valence-corrected chi connectivity index (χ0v) is 14.9. The van der Waals surface area contributed by atoms with Crippen LogP contribution in [0.1, 0.15) is 0 Å². The molecule has 0 rings (SSSR count). The molecule has 104 valence electrons. The average Bonchev–Trinajstić information content (AvgIpc) is 2.24. The molecule has 0 saturated carbocycles. The molecule has 0 aromatic rings. The van der Waals surface area contributed by atoms with Crippen molar-refractivity contribution in [3.63, 3.8) is 0 Å². The van der Waals surface area contributed by atoms with Crippen LogP contribution < -0.4 is 0 Å². The summed E-state index contributed by atoms with van der Waals surface area (Å²) in [5.41, 5.74) is 0. The molecule has 0 N–H and O–H groups in total. The fourth-order valence-electron chi connectivity index (χ4n) is 1.26. The van der Waals surface area contributed by atoms with E-state index in [0.717, 1.165) is 0 Å². The minimum atomic E-state index is -3.14. The van der Waals surface area contributed by atoms with Crippen molar-refractivity contribution in [2.24, 2.45) is 0 Å². The third kappa shape index (κ3) is 5.72. The first kappa shape index (κ1) is 17.4. The molecule has 0 aromatic carbocycles. The third-order valence-electron chi connectivity index (χ3n) is 1.92. The molecule has 1 atom stereocenters. The van der Waals surface area contributed by atoms with Crippen LogP contribution in [0.25, 0.3) is 0 Å². The largest absolute Gasteiger partial charge is 0.671 e. The van der Waals surface area contributed by atoms with Crippen molar-refractivity contribution in [3.8, 4) is 0 Å². The molecule has 0 bridgehead atoms. The molecule has 0 aliphatic rings. The molecule has 0 aliphatic heterocycles. The molecule has 0 saturated heterocycles. The number of hydrogen-bond donors (Lipinski definition) is 0. The van der Waals surface area contributed by atoms with E-state index >= 15 is 0 Å².